The summed E-state index contributed by atoms with van der Waals surface area (Å²) in [6.07, 6.45) is -0.820. The average Bonchev–Trinajstić information content (AvgIpc) is 2.64. The third kappa shape index (κ3) is 4.16. The highest BCUT2D eigenvalue weighted by molar-refractivity contribution is 6.88. The van der Waals surface area contributed by atoms with Gasteiger partial charge in [0.2, 0.25) is 0 Å². The Balaban J connectivity index is 1.96. The molecule has 1 aliphatic heterocycles. The Labute approximate surface area is 174 Å². The van der Waals surface area contributed by atoms with Gasteiger partial charge in [0.15, 0.2) is 0 Å². The van der Waals surface area contributed by atoms with Crippen molar-refractivity contribution in [3.63, 3.8) is 0 Å². The molecule has 1 unspecified atom stereocenters. The van der Waals surface area contributed by atoms with Crippen LogP contribution in [-0.2, 0) is 11.2 Å². The third-order valence-corrected chi connectivity index (χ3v) is 7.11. The molecule has 0 aliphatic carbocycles. The largest absolute Gasteiger partial charge is 0.497 e. The lowest BCUT2D eigenvalue weighted by molar-refractivity contribution is -0.121. The van der Waals surface area contributed by atoms with E-state index in [1.165, 1.54) is 7.11 Å². The van der Waals surface area contributed by atoms with Crippen LogP contribution >= 0.6 is 0 Å². The van der Waals surface area contributed by atoms with Crippen molar-refractivity contribution in [1.29, 1.82) is 0 Å². The van der Waals surface area contributed by atoms with Gasteiger partial charge < -0.3 is 15.2 Å². The average molecular weight is 435 g/mol. The van der Waals surface area contributed by atoms with Crippen LogP contribution in [-0.4, -0.2) is 43.7 Å². The highest BCUT2D eigenvalue weighted by Gasteiger charge is 2.36. The standard InChI is InChI=1S/C21H24F2N2O4Si/c1-29-14-5-6-15-12(9-14)7-8-25(21(27)28)18(15)20(26)24-13-10-16(22)19(17(23)11-13)30(2,3)4/h5-6,9-11,18H,7-8H2,1-4H3,(H,24,26)(H,27,28). The van der Waals surface area contributed by atoms with Gasteiger partial charge in [-0.1, -0.05) is 25.7 Å². The summed E-state index contributed by atoms with van der Waals surface area (Å²) in [6.45, 7) is 5.59. The Morgan fingerprint density at radius 2 is 1.80 bits per heavy atom. The summed E-state index contributed by atoms with van der Waals surface area (Å²) in [4.78, 5) is 25.8. The Morgan fingerprint density at radius 3 is 2.33 bits per heavy atom. The predicted molar refractivity (Wildman–Crippen MR) is 112 cm³/mol. The molecule has 6 nitrogen and oxygen atoms in total. The van der Waals surface area contributed by atoms with Gasteiger partial charge >= 0.3 is 6.09 Å². The van der Waals surface area contributed by atoms with E-state index in [0.29, 0.717) is 17.7 Å². The highest BCUT2D eigenvalue weighted by Crippen LogP contribution is 2.33. The molecule has 1 heterocycles. The predicted octanol–water partition coefficient (Wildman–Crippen LogP) is 3.73. The molecule has 1 aliphatic rings. The number of carboxylic acid groups (broad SMARTS) is 1. The monoisotopic (exact) mass is 434 g/mol. The molecule has 1 atom stereocenters. The molecule has 30 heavy (non-hydrogen) atoms. The number of hydrogen-bond donors (Lipinski definition) is 2. The minimum Gasteiger partial charge on any atom is -0.497 e. The molecule has 0 bridgehead atoms. The summed E-state index contributed by atoms with van der Waals surface area (Å²) in [6, 6.07) is 6.07. The summed E-state index contributed by atoms with van der Waals surface area (Å²) < 4.78 is 34.3. The van der Waals surface area contributed by atoms with E-state index >= 15 is 0 Å². The summed E-state index contributed by atoms with van der Waals surface area (Å²) in [5.74, 6) is -1.51. The van der Waals surface area contributed by atoms with Gasteiger partial charge in [-0.05, 0) is 41.8 Å². The van der Waals surface area contributed by atoms with Gasteiger partial charge in [-0.2, -0.15) is 0 Å². The molecule has 0 aromatic heterocycles. The molecule has 0 radical (unpaired) electrons. The molecule has 0 saturated carbocycles. The number of methoxy groups -OCH3 is 1. The number of fused-ring (bicyclic) bond motifs is 1. The zero-order valence-corrected chi connectivity index (χ0v) is 18.3. The lowest BCUT2D eigenvalue weighted by atomic mass is 9.92. The number of nitrogens with zero attached hydrogens (tertiary/aromatic N) is 1. The van der Waals surface area contributed by atoms with Crippen LogP contribution in [0.1, 0.15) is 17.2 Å². The van der Waals surface area contributed by atoms with Gasteiger partial charge in [0.05, 0.1) is 15.2 Å². The second-order valence-corrected chi connectivity index (χ2v) is 13.2. The topological polar surface area (TPSA) is 78.9 Å². The van der Waals surface area contributed by atoms with Gasteiger partial charge in [0.25, 0.3) is 5.91 Å². The molecule has 0 spiro atoms. The Kier molecular flexibility index (Phi) is 5.84. The van der Waals surface area contributed by atoms with Crippen molar-refractivity contribution in [2.45, 2.75) is 32.1 Å². The van der Waals surface area contributed by atoms with Gasteiger partial charge in [-0.25, -0.2) is 13.6 Å². The first kappa shape index (κ1) is 21.8. The quantitative estimate of drug-likeness (QED) is 0.719. The maximum atomic E-state index is 14.6. The molecule has 2 aromatic rings. The minimum atomic E-state index is -2.26. The maximum absolute atomic E-state index is 14.6. The minimum absolute atomic E-state index is 0.0528. The molecule has 9 heteroatoms. The number of anilines is 1. The third-order valence-electron chi connectivity index (χ3n) is 5.13. The number of amides is 2. The first-order valence-electron chi connectivity index (χ1n) is 9.49. The first-order chi connectivity index (χ1) is 14.0. The van der Waals surface area contributed by atoms with E-state index in [0.717, 1.165) is 22.6 Å². The summed E-state index contributed by atoms with van der Waals surface area (Å²) in [7, 11) is -0.741. The Bertz CT molecular complexity index is 984. The Morgan fingerprint density at radius 1 is 1.17 bits per heavy atom. The normalized spacial score (nSPS) is 16.1. The molecule has 0 saturated heterocycles. The van der Waals surface area contributed by atoms with Gasteiger partial charge in [0, 0.05) is 17.4 Å². The second kappa shape index (κ2) is 8.06. The zero-order chi connectivity index (χ0) is 22.2. The van der Waals surface area contributed by atoms with Crippen molar-refractivity contribution in [2.75, 3.05) is 19.0 Å². The SMILES string of the molecule is COc1ccc2c(c1)CCN(C(=O)O)C2C(=O)Nc1cc(F)c([Si](C)(C)C)c(F)c1. The van der Waals surface area contributed by atoms with E-state index < -0.39 is 37.8 Å². The van der Waals surface area contributed by atoms with Crippen molar-refractivity contribution >= 4 is 30.9 Å². The van der Waals surface area contributed by atoms with Gasteiger partial charge in [0.1, 0.15) is 23.4 Å². The molecule has 2 amide bonds. The number of benzene rings is 2. The fourth-order valence-electron chi connectivity index (χ4n) is 3.79. The number of nitrogens with one attached hydrogen (secondary N) is 1. The number of halogens is 2. The van der Waals surface area contributed by atoms with Crippen LogP contribution in [0.2, 0.25) is 19.6 Å². The van der Waals surface area contributed by atoms with E-state index in [1.807, 2.05) is 19.6 Å². The fraction of sp³-hybridized carbons (Fsp3) is 0.333. The van der Waals surface area contributed by atoms with Crippen molar-refractivity contribution < 1.29 is 28.2 Å². The van der Waals surface area contributed by atoms with Crippen molar-refractivity contribution in [2.24, 2.45) is 0 Å². The van der Waals surface area contributed by atoms with E-state index in [-0.39, 0.29) is 17.4 Å². The zero-order valence-electron chi connectivity index (χ0n) is 17.3. The van der Waals surface area contributed by atoms with E-state index in [2.05, 4.69) is 5.32 Å². The molecule has 2 aromatic carbocycles. The lowest BCUT2D eigenvalue weighted by Crippen LogP contribution is -2.45. The van der Waals surface area contributed by atoms with E-state index in [1.54, 1.807) is 18.2 Å². The van der Waals surface area contributed by atoms with E-state index in [9.17, 15) is 23.5 Å². The van der Waals surface area contributed by atoms with E-state index in [4.69, 9.17) is 4.74 Å². The fourth-order valence-corrected chi connectivity index (χ4v) is 5.37. The summed E-state index contributed by atoms with van der Waals surface area (Å²) in [5.41, 5.74) is 1.25. The van der Waals surface area contributed by atoms with Crippen LogP contribution in [0.15, 0.2) is 30.3 Å². The smallest absolute Gasteiger partial charge is 0.408 e. The van der Waals surface area contributed by atoms with Crippen LogP contribution in [0.5, 0.6) is 5.75 Å². The van der Waals surface area contributed by atoms with Crippen molar-refractivity contribution in [1.82, 2.24) is 4.90 Å². The lowest BCUT2D eigenvalue weighted by Gasteiger charge is -2.34. The number of carbonyl (C=O) groups excluding carboxylic acids is 1. The first-order valence-corrected chi connectivity index (χ1v) is 13.0. The van der Waals surface area contributed by atoms with Crippen LogP contribution in [0.4, 0.5) is 19.3 Å². The van der Waals surface area contributed by atoms with Gasteiger partial charge in [-0.3, -0.25) is 9.69 Å². The molecule has 160 valence electrons. The maximum Gasteiger partial charge on any atom is 0.408 e. The second-order valence-electron chi connectivity index (χ2n) is 8.25. The number of carbonyl (C=O) groups is 2. The highest BCUT2D eigenvalue weighted by atomic mass is 28.3. The number of hydrogen-bond acceptors (Lipinski definition) is 3. The Hall–Kier alpha value is -2.94. The van der Waals surface area contributed by atoms with Crippen molar-refractivity contribution in [3.8, 4) is 5.75 Å². The van der Waals surface area contributed by atoms with Crippen LogP contribution in [0, 0.1) is 11.6 Å². The summed E-state index contributed by atoms with van der Waals surface area (Å²) >= 11 is 0. The van der Waals surface area contributed by atoms with Crippen LogP contribution in [0.25, 0.3) is 0 Å². The molecular formula is C21H24F2N2O4Si. The summed E-state index contributed by atoms with van der Waals surface area (Å²) in [5, 5.41) is 12.1. The molecule has 2 N–H and O–H groups in total. The van der Waals surface area contributed by atoms with Crippen LogP contribution in [0.3, 0.4) is 0 Å². The molecular weight excluding hydrogens is 410 g/mol. The molecule has 3 rings (SSSR count). The van der Waals surface area contributed by atoms with Crippen LogP contribution < -0.4 is 15.2 Å². The number of rotatable bonds is 4. The molecule has 0 fully saturated rings. The van der Waals surface area contributed by atoms with Crippen molar-refractivity contribution in [3.05, 3.63) is 53.1 Å². The van der Waals surface area contributed by atoms with Gasteiger partial charge in [-0.15, -0.1) is 0 Å². The number of ether oxygens (including phenoxy) is 1.